The molecule has 0 amide bonds. The number of fused-ring (bicyclic) bond motifs is 17. The third-order valence-corrected chi connectivity index (χ3v) is 27.0. The van der Waals surface area contributed by atoms with Gasteiger partial charge in [0, 0.05) is 106 Å². The fourth-order valence-corrected chi connectivity index (χ4v) is 21.0. The van der Waals surface area contributed by atoms with Crippen LogP contribution in [0, 0.1) is 11.3 Å². The van der Waals surface area contributed by atoms with Gasteiger partial charge in [-0.1, -0.05) is 323 Å². The molecule has 0 saturated carbocycles. The first-order valence-corrected chi connectivity index (χ1v) is 43.7. The second-order valence-electron chi connectivity index (χ2n) is 37.4. The Morgan fingerprint density at radius 2 is 0.632 bits per heavy atom. The van der Waals surface area contributed by atoms with Gasteiger partial charge in [-0.15, -0.1) is 0 Å². The van der Waals surface area contributed by atoms with Crippen LogP contribution in [0.5, 0.6) is 0 Å². The highest BCUT2D eigenvalue weighted by Crippen LogP contribution is 2.57. The number of anilines is 12. The maximum Gasteiger partial charge on any atom is 0.252 e. The van der Waals surface area contributed by atoms with Gasteiger partial charge in [0.15, 0.2) is 11.2 Å². The Balaban J connectivity index is 0.887. The first kappa shape index (κ1) is 73.8. The van der Waals surface area contributed by atoms with Gasteiger partial charge in [0.1, 0.15) is 11.2 Å². The van der Waals surface area contributed by atoms with Gasteiger partial charge in [0.25, 0.3) is 13.4 Å². The Hall–Kier alpha value is -15.0. The van der Waals surface area contributed by atoms with E-state index in [1.807, 2.05) is 6.07 Å². The van der Waals surface area contributed by atoms with E-state index in [4.69, 9.17) is 8.83 Å². The molecule has 8 nitrogen and oxygen atoms in total. The largest absolute Gasteiger partial charge is 0.454 e. The van der Waals surface area contributed by atoms with Gasteiger partial charge in [-0.3, -0.25) is 0 Å². The molecule has 0 saturated heterocycles. The zero-order valence-electron chi connectivity index (χ0n) is 71.2. The van der Waals surface area contributed by atoms with Crippen LogP contribution < -0.4 is 52.4 Å². The summed E-state index contributed by atoms with van der Waals surface area (Å²) in [6, 6.07) is 136. The molecule has 0 unspecified atom stereocenters. The van der Waals surface area contributed by atoms with E-state index in [0.29, 0.717) is 5.56 Å². The standard InChI is InChI=1S/C115H86B2N6O2/c1-113(2,3)75-55-57-89-97(61-75)122(109-79(71-32-14-10-15-33-71)43-28-44-80(109)72-34-16-11-17-35-72)103-64-77(115(7,8)9)63-102-108(103)116(89)91-67-92-100(68-99(91)121(102)96-51-31-48-87-85-42-24-27-53-106(85)125-112(87)96)123(110-81(73-36-18-12-19-37-73)45-29-46-82(110)74-38-20-13-21-39-74)104-65-76(114(4,5)6)62-101-107(104)117(92)90-58-56-78(119-93-49-25-22-40-83(93)88-60-70(69-118)54-59-94(88)119)66-98(90)120(101)95-50-30-47-86-84-41-23-26-52-105(84)124-111(86)95/h10-68H,1-9H3. The van der Waals surface area contributed by atoms with Crippen molar-refractivity contribution in [3.05, 3.63) is 380 Å². The fourth-order valence-electron chi connectivity index (χ4n) is 21.0. The Morgan fingerprint density at radius 3 is 1.09 bits per heavy atom. The molecule has 20 aromatic rings. The highest BCUT2D eigenvalue weighted by molar-refractivity contribution is 7.03. The number of para-hydroxylation sites is 7. The quantitative estimate of drug-likeness (QED) is 0.133. The number of hydrogen-bond donors (Lipinski definition) is 0. The summed E-state index contributed by atoms with van der Waals surface area (Å²) >= 11 is 0. The number of nitrogens with zero attached hydrogens (tertiary/aromatic N) is 6. The molecule has 594 valence electrons. The minimum absolute atomic E-state index is 0.247. The van der Waals surface area contributed by atoms with Crippen LogP contribution in [-0.4, -0.2) is 18.0 Å². The Morgan fingerprint density at radius 1 is 0.264 bits per heavy atom. The molecule has 3 aromatic heterocycles. The lowest BCUT2D eigenvalue weighted by atomic mass is 9.30. The van der Waals surface area contributed by atoms with Crippen LogP contribution in [0.25, 0.3) is 116 Å². The summed E-state index contributed by atoms with van der Waals surface area (Å²) < 4.78 is 17.3. The number of aromatic nitrogens is 1. The Kier molecular flexibility index (Phi) is 16.2. The molecule has 24 rings (SSSR count). The van der Waals surface area contributed by atoms with Crippen LogP contribution in [0.4, 0.5) is 68.2 Å². The normalized spacial score (nSPS) is 13.4. The van der Waals surface area contributed by atoms with Gasteiger partial charge in [-0.05, 0) is 185 Å². The van der Waals surface area contributed by atoms with E-state index in [1.165, 1.54) is 38.5 Å². The molecule has 0 fully saturated rings. The van der Waals surface area contributed by atoms with Crippen molar-refractivity contribution in [2.24, 2.45) is 0 Å². The van der Waals surface area contributed by atoms with Crippen LogP contribution in [0.3, 0.4) is 0 Å². The van der Waals surface area contributed by atoms with Crippen LogP contribution in [0.1, 0.15) is 84.6 Å². The predicted octanol–water partition coefficient (Wildman–Crippen LogP) is 27.2. The van der Waals surface area contributed by atoms with Crippen LogP contribution in [0.2, 0.25) is 0 Å². The molecule has 0 radical (unpaired) electrons. The van der Waals surface area contributed by atoms with E-state index in [0.717, 1.165) is 195 Å². The first-order valence-electron chi connectivity index (χ1n) is 43.7. The summed E-state index contributed by atoms with van der Waals surface area (Å²) in [7, 11) is 0. The number of rotatable bonds is 9. The van der Waals surface area contributed by atoms with Gasteiger partial charge in [0.2, 0.25) is 0 Å². The third-order valence-electron chi connectivity index (χ3n) is 27.0. The number of hydrogen-bond acceptors (Lipinski definition) is 7. The lowest BCUT2D eigenvalue weighted by molar-refractivity contribution is 0.590. The van der Waals surface area contributed by atoms with E-state index in [-0.39, 0.29) is 17.5 Å². The fraction of sp³-hybridized carbons (Fsp3) is 0.104. The predicted molar refractivity (Wildman–Crippen MR) is 526 cm³/mol. The lowest BCUT2D eigenvalue weighted by Crippen LogP contribution is -2.65. The molecule has 0 spiro atoms. The number of benzene rings is 17. The molecule has 4 aliphatic rings. The Bertz CT molecular complexity index is 7860. The first-order chi connectivity index (χ1) is 60.9. The molecular weight excluding hydrogens is 1520 g/mol. The highest BCUT2D eigenvalue weighted by atomic mass is 16.3. The SMILES string of the molecule is CC(C)(C)c1ccc2c(c1)N(c1c(-c3ccccc3)cccc1-c1ccccc1)c1cc(C(C)(C)C)cc3c1B2c1cc2c(cc1N3c1cccc3c1oc1ccccc13)N(c1c(-c3ccccc3)cccc1-c1ccccc1)c1cc(C(C)(C)C)cc3c1B2c1ccc(-n2c4ccccc4c4cc(C#N)ccc42)cc1N3c1cccc2c1oc1ccccc12. The topological polar surface area (TPSA) is 68.0 Å². The smallest absolute Gasteiger partial charge is 0.252 e. The maximum atomic E-state index is 10.5. The molecule has 7 heterocycles. The molecule has 4 aliphatic heterocycles. The average molecular weight is 1610 g/mol. The van der Waals surface area contributed by atoms with Crippen LogP contribution in [-0.2, 0) is 16.2 Å². The average Bonchev–Trinajstić information content (AvgIpc) is 0.889. The maximum absolute atomic E-state index is 10.5. The lowest BCUT2D eigenvalue weighted by Gasteiger charge is -2.48. The van der Waals surface area contributed by atoms with Crippen molar-refractivity contribution in [2.75, 3.05) is 19.6 Å². The van der Waals surface area contributed by atoms with Crippen molar-refractivity contribution < 1.29 is 8.83 Å². The minimum atomic E-state index is -0.411. The van der Waals surface area contributed by atoms with E-state index in [1.54, 1.807) is 0 Å². The summed E-state index contributed by atoms with van der Waals surface area (Å²) in [6.07, 6.45) is 0. The molecule has 0 atom stereocenters. The second-order valence-corrected chi connectivity index (χ2v) is 37.4. The van der Waals surface area contributed by atoms with Crippen molar-refractivity contribution in [3.8, 4) is 56.3 Å². The molecule has 0 bridgehead atoms. The van der Waals surface area contributed by atoms with Crippen molar-refractivity contribution in [1.82, 2.24) is 4.57 Å². The molecular formula is C115H86B2N6O2. The van der Waals surface area contributed by atoms with Crippen molar-refractivity contribution in [2.45, 2.75) is 78.6 Å². The number of furan rings is 2. The molecule has 17 aromatic carbocycles. The zero-order chi connectivity index (χ0) is 84.2. The highest BCUT2D eigenvalue weighted by Gasteiger charge is 2.51. The molecule has 0 aliphatic carbocycles. The number of nitriles is 1. The van der Waals surface area contributed by atoms with Gasteiger partial charge in [0.05, 0.1) is 45.4 Å². The van der Waals surface area contributed by atoms with Crippen LogP contribution >= 0.6 is 0 Å². The summed E-state index contributed by atoms with van der Waals surface area (Å²) in [6.45, 7) is 20.5. The van der Waals surface area contributed by atoms with Gasteiger partial charge < -0.3 is 33.0 Å². The molecule has 0 N–H and O–H groups in total. The van der Waals surface area contributed by atoms with Gasteiger partial charge in [-0.25, -0.2) is 0 Å². The third kappa shape index (κ3) is 11.2. The summed E-state index contributed by atoms with van der Waals surface area (Å²) in [5.41, 5.74) is 38.1. The zero-order valence-corrected chi connectivity index (χ0v) is 71.2. The second kappa shape index (κ2) is 27.5. The Labute approximate surface area is 728 Å². The summed E-state index contributed by atoms with van der Waals surface area (Å²) in [4.78, 5) is 10.6. The molecule has 10 heteroatoms. The van der Waals surface area contributed by atoms with Crippen molar-refractivity contribution in [3.63, 3.8) is 0 Å². The summed E-state index contributed by atoms with van der Waals surface area (Å²) in [5.74, 6) is 0. The van der Waals surface area contributed by atoms with Crippen LogP contribution in [0.15, 0.2) is 367 Å². The molecule has 125 heavy (non-hydrogen) atoms. The van der Waals surface area contributed by atoms with E-state index >= 15 is 0 Å². The monoisotopic (exact) mass is 1600 g/mol. The van der Waals surface area contributed by atoms with E-state index in [2.05, 4.69) is 444 Å². The van der Waals surface area contributed by atoms with Gasteiger partial charge >= 0.3 is 0 Å². The minimum Gasteiger partial charge on any atom is -0.454 e. The van der Waals surface area contributed by atoms with Gasteiger partial charge in [-0.2, -0.15) is 5.26 Å². The van der Waals surface area contributed by atoms with Crippen molar-refractivity contribution in [1.29, 1.82) is 5.26 Å². The van der Waals surface area contributed by atoms with Crippen molar-refractivity contribution >= 4 is 180 Å². The summed E-state index contributed by atoms with van der Waals surface area (Å²) in [5, 5.41) is 16.8. The van der Waals surface area contributed by atoms with E-state index in [9.17, 15) is 5.26 Å². The van der Waals surface area contributed by atoms with E-state index < -0.39 is 12.1 Å².